The standard InChI is InChI=1S/C26H22N4O3/c1-2-33-26(32)22-8-5-9-23(30-24(31)14-15-27)25(22)29-17-18-10-12-19(13-11-18)21-7-4-3-6-20(21)16-28/h3-13,29H,2,14,17H2,1H3,(H,30,31). The molecule has 0 bridgehead atoms. The summed E-state index contributed by atoms with van der Waals surface area (Å²) in [6.07, 6.45) is -0.297. The zero-order chi connectivity index (χ0) is 23.6. The highest BCUT2D eigenvalue weighted by molar-refractivity contribution is 6.03. The molecule has 0 heterocycles. The average molecular weight is 438 g/mol. The minimum atomic E-state index is -0.514. The van der Waals surface area contributed by atoms with Crippen molar-refractivity contribution in [2.75, 3.05) is 17.2 Å². The maximum Gasteiger partial charge on any atom is 0.340 e. The number of esters is 1. The van der Waals surface area contributed by atoms with E-state index in [1.54, 1.807) is 37.3 Å². The number of rotatable bonds is 8. The number of carbonyl (C=O) groups is 2. The first-order chi connectivity index (χ1) is 16.1. The molecule has 0 unspecified atom stereocenters. The molecule has 164 valence electrons. The normalized spacial score (nSPS) is 9.91. The van der Waals surface area contributed by atoms with Crippen LogP contribution < -0.4 is 10.6 Å². The van der Waals surface area contributed by atoms with Crippen molar-refractivity contribution in [2.45, 2.75) is 19.9 Å². The Morgan fingerprint density at radius 1 is 0.970 bits per heavy atom. The number of nitrogens with one attached hydrogen (secondary N) is 2. The maximum atomic E-state index is 12.4. The smallest absolute Gasteiger partial charge is 0.340 e. The molecule has 0 radical (unpaired) electrons. The van der Waals surface area contributed by atoms with E-state index in [-0.39, 0.29) is 18.6 Å². The molecule has 0 saturated carbocycles. The van der Waals surface area contributed by atoms with E-state index in [0.717, 1.165) is 16.7 Å². The van der Waals surface area contributed by atoms with Gasteiger partial charge < -0.3 is 15.4 Å². The van der Waals surface area contributed by atoms with Gasteiger partial charge in [0.25, 0.3) is 0 Å². The van der Waals surface area contributed by atoms with Gasteiger partial charge in [-0.15, -0.1) is 0 Å². The summed E-state index contributed by atoms with van der Waals surface area (Å²) in [5, 5.41) is 24.0. The number of nitriles is 2. The third-order valence-electron chi connectivity index (χ3n) is 4.86. The fourth-order valence-corrected chi connectivity index (χ4v) is 3.32. The van der Waals surface area contributed by atoms with E-state index in [2.05, 4.69) is 16.7 Å². The highest BCUT2D eigenvalue weighted by atomic mass is 16.5. The Balaban J connectivity index is 1.85. The first kappa shape index (κ1) is 23.1. The molecule has 0 aliphatic heterocycles. The molecule has 0 aliphatic rings. The number of para-hydroxylation sites is 1. The SMILES string of the molecule is CCOC(=O)c1cccc(NC(=O)CC#N)c1NCc1ccc(-c2ccccc2C#N)cc1. The van der Waals surface area contributed by atoms with E-state index >= 15 is 0 Å². The Kier molecular flexibility index (Phi) is 7.77. The molecule has 3 aromatic carbocycles. The Morgan fingerprint density at radius 2 is 1.73 bits per heavy atom. The van der Waals surface area contributed by atoms with E-state index < -0.39 is 11.9 Å². The second-order valence-electron chi connectivity index (χ2n) is 7.04. The van der Waals surface area contributed by atoms with Crippen LogP contribution in [0.25, 0.3) is 11.1 Å². The minimum absolute atomic E-state index is 0.217. The summed E-state index contributed by atoms with van der Waals surface area (Å²) in [4.78, 5) is 24.4. The quantitative estimate of drug-likeness (QED) is 0.485. The lowest BCUT2D eigenvalue weighted by Gasteiger charge is -2.17. The van der Waals surface area contributed by atoms with Crippen LogP contribution in [0.5, 0.6) is 0 Å². The van der Waals surface area contributed by atoms with Crippen LogP contribution in [0.15, 0.2) is 66.7 Å². The van der Waals surface area contributed by atoms with Crippen molar-refractivity contribution >= 4 is 23.3 Å². The predicted octanol–water partition coefficient (Wildman–Crippen LogP) is 4.87. The lowest BCUT2D eigenvalue weighted by molar-refractivity contribution is -0.115. The Hall–Kier alpha value is -4.62. The topological polar surface area (TPSA) is 115 Å². The third kappa shape index (κ3) is 5.75. The molecule has 0 aliphatic carbocycles. The maximum absolute atomic E-state index is 12.4. The van der Waals surface area contributed by atoms with Crippen LogP contribution in [0.1, 0.15) is 34.8 Å². The zero-order valence-corrected chi connectivity index (χ0v) is 18.1. The van der Waals surface area contributed by atoms with Crippen LogP contribution in [-0.2, 0) is 16.1 Å². The summed E-state index contributed by atoms with van der Waals surface area (Å²) in [6, 6.07) is 24.0. The Bertz CT molecular complexity index is 1240. The highest BCUT2D eigenvalue weighted by Crippen LogP contribution is 2.29. The summed E-state index contributed by atoms with van der Waals surface area (Å²) >= 11 is 0. The molecule has 7 nitrogen and oxygen atoms in total. The molecule has 33 heavy (non-hydrogen) atoms. The molecule has 1 amide bonds. The van der Waals surface area contributed by atoms with Crippen LogP contribution in [0.4, 0.5) is 11.4 Å². The van der Waals surface area contributed by atoms with E-state index in [1.165, 1.54) is 0 Å². The van der Waals surface area contributed by atoms with Gasteiger partial charge >= 0.3 is 5.97 Å². The molecule has 0 fully saturated rings. The van der Waals surface area contributed by atoms with Gasteiger partial charge in [-0.05, 0) is 41.8 Å². The average Bonchev–Trinajstić information content (AvgIpc) is 2.83. The van der Waals surface area contributed by atoms with Gasteiger partial charge in [0.2, 0.25) is 5.91 Å². The second-order valence-corrected chi connectivity index (χ2v) is 7.04. The van der Waals surface area contributed by atoms with Gasteiger partial charge in [0.05, 0.1) is 41.2 Å². The molecule has 0 aromatic heterocycles. The van der Waals surface area contributed by atoms with Crippen molar-refractivity contribution in [3.8, 4) is 23.3 Å². The summed E-state index contributed by atoms with van der Waals surface area (Å²) in [5.74, 6) is -0.984. The van der Waals surface area contributed by atoms with E-state index in [1.807, 2.05) is 42.5 Å². The van der Waals surface area contributed by atoms with Crippen molar-refractivity contribution in [3.05, 3.63) is 83.4 Å². The molecule has 0 spiro atoms. The molecular formula is C26H22N4O3. The number of hydrogen-bond donors (Lipinski definition) is 2. The first-order valence-corrected chi connectivity index (χ1v) is 10.4. The first-order valence-electron chi connectivity index (χ1n) is 10.4. The second kappa shape index (κ2) is 11.1. The number of carbonyl (C=O) groups excluding carboxylic acids is 2. The van der Waals surface area contributed by atoms with Gasteiger partial charge in [-0.2, -0.15) is 10.5 Å². The van der Waals surface area contributed by atoms with Crippen molar-refractivity contribution in [2.24, 2.45) is 0 Å². The number of hydrogen-bond acceptors (Lipinski definition) is 6. The molecule has 0 atom stereocenters. The predicted molar refractivity (Wildman–Crippen MR) is 125 cm³/mol. The monoisotopic (exact) mass is 438 g/mol. The van der Waals surface area contributed by atoms with Gasteiger partial charge in [0.15, 0.2) is 0 Å². The number of nitrogens with zero attached hydrogens (tertiary/aromatic N) is 2. The third-order valence-corrected chi connectivity index (χ3v) is 4.86. The molecule has 7 heteroatoms. The van der Waals surface area contributed by atoms with E-state index in [9.17, 15) is 14.9 Å². The van der Waals surface area contributed by atoms with E-state index in [4.69, 9.17) is 10.00 Å². The van der Waals surface area contributed by atoms with Crippen LogP contribution in [-0.4, -0.2) is 18.5 Å². The number of benzene rings is 3. The van der Waals surface area contributed by atoms with Gasteiger partial charge in [-0.3, -0.25) is 4.79 Å². The number of anilines is 2. The van der Waals surface area contributed by atoms with Gasteiger partial charge in [-0.1, -0.05) is 48.5 Å². The van der Waals surface area contributed by atoms with Crippen LogP contribution >= 0.6 is 0 Å². The van der Waals surface area contributed by atoms with Gasteiger partial charge in [-0.25, -0.2) is 4.79 Å². The van der Waals surface area contributed by atoms with Crippen LogP contribution in [0.2, 0.25) is 0 Å². The Morgan fingerprint density at radius 3 is 2.42 bits per heavy atom. The van der Waals surface area contributed by atoms with Crippen molar-refractivity contribution in [1.82, 2.24) is 0 Å². The number of ether oxygens (including phenoxy) is 1. The molecule has 3 aromatic rings. The Labute approximate surface area is 192 Å². The summed E-state index contributed by atoms with van der Waals surface area (Å²) in [6.45, 7) is 2.31. The summed E-state index contributed by atoms with van der Waals surface area (Å²) in [7, 11) is 0. The lowest BCUT2D eigenvalue weighted by atomic mass is 9.99. The number of amides is 1. The van der Waals surface area contributed by atoms with Gasteiger partial charge in [0.1, 0.15) is 6.42 Å². The van der Waals surface area contributed by atoms with E-state index in [0.29, 0.717) is 23.5 Å². The van der Waals surface area contributed by atoms with Crippen LogP contribution in [0.3, 0.4) is 0 Å². The lowest BCUT2D eigenvalue weighted by Crippen LogP contribution is -2.16. The summed E-state index contributed by atoms with van der Waals surface area (Å²) < 4.78 is 5.14. The van der Waals surface area contributed by atoms with Crippen molar-refractivity contribution in [3.63, 3.8) is 0 Å². The highest BCUT2D eigenvalue weighted by Gasteiger charge is 2.17. The fourth-order valence-electron chi connectivity index (χ4n) is 3.32. The molecular weight excluding hydrogens is 416 g/mol. The summed E-state index contributed by atoms with van der Waals surface area (Å²) in [5.41, 5.74) is 4.40. The fraction of sp³-hybridized carbons (Fsp3) is 0.154. The molecule has 3 rings (SSSR count). The minimum Gasteiger partial charge on any atom is -0.462 e. The van der Waals surface area contributed by atoms with Crippen molar-refractivity contribution in [1.29, 1.82) is 10.5 Å². The zero-order valence-electron chi connectivity index (χ0n) is 18.1. The molecule has 2 N–H and O–H groups in total. The molecule has 0 saturated heterocycles. The van der Waals surface area contributed by atoms with Crippen molar-refractivity contribution < 1.29 is 14.3 Å². The largest absolute Gasteiger partial charge is 0.462 e. The van der Waals surface area contributed by atoms with Crippen LogP contribution in [0, 0.1) is 22.7 Å². The van der Waals surface area contributed by atoms with Gasteiger partial charge in [0, 0.05) is 6.54 Å².